The van der Waals surface area contributed by atoms with Crippen molar-refractivity contribution in [3.05, 3.63) is 57.6 Å². The van der Waals surface area contributed by atoms with Gasteiger partial charge in [-0.3, -0.25) is 19.8 Å². The second-order valence-corrected chi connectivity index (χ2v) is 7.45. The largest absolute Gasteiger partial charge is 0.454 e. The number of anilines is 1. The summed E-state index contributed by atoms with van der Waals surface area (Å²) in [6.07, 6.45) is 2.40. The Bertz CT molecular complexity index is 1030. The van der Waals surface area contributed by atoms with E-state index in [1.807, 2.05) is 24.3 Å². The van der Waals surface area contributed by atoms with Crippen LogP contribution in [0.15, 0.2) is 46.4 Å². The highest BCUT2D eigenvalue weighted by molar-refractivity contribution is 9.10. The molecule has 6 nitrogen and oxygen atoms in total. The molecule has 0 aliphatic carbocycles. The Morgan fingerprint density at radius 1 is 1.18 bits per heavy atom. The molecular weight excluding hydrogens is 444 g/mol. The Labute approximate surface area is 175 Å². The molecule has 0 spiro atoms. The van der Waals surface area contributed by atoms with Crippen molar-refractivity contribution in [1.82, 2.24) is 5.32 Å². The summed E-state index contributed by atoms with van der Waals surface area (Å²) >= 11 is 8.67. The van der Waals surface area contributed by atoms with Gasteiger partial charge in [0.05, 0.1) is 5.69 Å². The fourth-order valence-electron chi connectivity index (χ4n) is 2.97. The Morgan fingerprint density at radius 2 is 1.86 bits per heavy atom. The van der Waals surface area contributed by atoms with E-state index in [1.165, 1.54) is 11.0 Å². The number of hydrogen-bond donors (Lipinski definition) is 1. The number of hydrogen-bond acceptors (Lipinski definition) is 5. The van der Waals surface area contributed by atoms with E-state index in [1.54, 1.807) is 12.1 Å². The standard InChI is InChI=1S/C20H15BrN2O4S/c1-2-11-3-5-13(6-4-11)23-19(25)14(18(24)22-20(23)28)7-12-8-16-17(9-15(12)21)27-10-26-16/h3-9H,2,10H2,1H3,(H,22,24,28)/b14-7-. The van der Waals surface area contributed by atoms with Gasteiger partial charge in [-0.1, -0.05) is 35.0 Å². The van der Waals surface area contributed by atoms with Gasteiger partial charge in [0.25, 0.3) is 11.8 Å². The van der Waals surface area contributed by atoms with Gasteiger partial charge in [0.15, 0.2) is 16.6 Å². The molecule has 4 rings (SSSR count). The third-order valence-corrected chi connectivity index (χ3v) is 5.47. The molecule has 2 aliphatic heterocycles. The van der Waals surface area contributed by atoms with Crippen molar-refractivity contribution in [2.45, 2.75) is 13.3 Å². The Morgan fingerprint density at radius 3 is 2.54 bits per heavy atom. The molecule has 8 heteroatoms. The number of fused-ring (bicyclic) bond motifs is 1. The topological polar surface area (TPSA) is 67.9 Å². The smallest absolute Gasteiger partial charge is 0.270 e. The molecule has 0 saturated carbocycles. The van der Waals surface area contributed by atoms with E-state index in [4.69, 9.17) is 21.7 Å². The van der Waals surface area contributed by atoms with Gasteiger partial charge in [-0.05, 0) is 60.1 Å². The van der Waals surface area contributed by atoms with E-state index < -0.39 is 11.8 Å². The summed E-state index contributed by atoms with van der Waals surface area (Å²) < 4.78 is 11.4. The first kappa shape index (κ1) is 18.6. The van der Waals surface area contributed by atoms with Gasteiger partial charge < -0.3 is 9.47 Å². The van der Waals surface area contributed by atoms with Crippen LogP contribution in [0.1, 0.15) is 18.1 Å². The lowest BCUT2D eigenvalue weighted by Crippen LogP contribution is -2.54. The summed E-state index contributed by atoms with van der Waals surface area (Å²) in [5.74, 6) is 0.136. The zero-order chi connectivity index (χ0) is 19.8. The van der Waals surface area contributed by atoms with E-state index in [9.17, 15) is 9.59 Å². The molecule has 142 valence electrons. The monoisotopic (exact) mass is 458 g/mol. The molecule has 2 aromatic carbocycles. The summed E-state index contributed by atoms with van der Waals surface area (Å²) in [4.78, 5) is 26.9. The summed E-state index contributed by atoms with van der Waals surface area (Å²) in [6.45, 7) is 2.19. The number of rotatable bonds is 3. The molecule has 1 N–H and O–H groups in total. The lowest BCUT2D eigenvalue weighted by Gasteiger charge is -2.29. The third kappa shape index (κ3) is 3.29. The molecule has 0 radical (unpaired) electrons. The number of carbonyl (C=O) groups excluding carboxylic acids is 2. The highest BCUT2D eigenvalue weighted by Gasteiger charge is 2.34. The molecular formula is C20H15BrN2O4S. The second-order valence-electron chi connectivity index (χ2n) is 6.20. The molecule has 0 bridgehead atoms. The number of thiocarbonyl (C=S) groups is 1. The van der Waals surface area contributed by atoms with Crippen molar-refractivity contribution in [1.29, 1.82) is 0 Å². The van der Waals surface area contributed by atoms with Crippen LogP contribution in [0, 0.1) is 0 Å². The van der Waals surface area contributed by atoms with E-state index >= 15 is 0 Å². The Hall–Kier alpha value is -2.71. The van der Waals surface area contributed by atoms with Gasteiger partial charge in [-0.2, -0.15) is 0 Å². The van der Waals surface area contributed by atoms with Crippen molar-refractivity contribution in [3.8, 4) is 11.5 Å². The average Bonchev–Trinajstić information content (AvgIpc) is 3.12. The Balaban J connectivity index is 1.72. The minimum atomic E-state index is -0.541. The van der Waals surface area contributed by atoms with E-state index in [0.717, 1.165) is 12.0 Å². The number of benzene rings is 2. The fraction of sp³-hybridized carbons (Fsp3) is 0.150. The fourth-order valence-corrected chi connectivity index (χ4v) is 3.69. The molecule has 1 saturated heterocycles. The number of nitrogens with zero attached hydrogens (tertiary/aromatic N) is 1. The SMILES string of the molecule is CCc1ccc(N2C(=O)/C(=C\c3cc4c(cc3Br)OCO4)C(=O)NC2=S)cc1. The summed E-state index contributed by atoms with van der Waals surface area (Å²) in [5.41, 5.74) is 2.34. The minimum Gasteiger partial charge on any atom is -0.454 e. The minimum absolute atomic E-state index is 0.0206. The van der Waals surface area contributed by atoms with Crippen LogP contribution in [0.3, 0.4) is 0 Å². The van der Waals surface area contributed by atoms with Crippen molar-refractivity contribution in [2.24, 2.45) is 0 Å². The highest BCUT2D eigenvalue weighted by atomic mass is 79.9. The number of halogens is 1. The summed E-state index contributed by atoms with van der Waals surface area (Å²) in [5, 5.41) is 2.64. The van der Waals surface area contributed by atoms with Crippen LogP contribution < -0.4 is 19.7 Å². The number of nitrogens with one attached hydrogen (secondary N) is 1. The molecule has 2 amide bonds. The van der Waals surface area contributed by atoms with Gasteiger partial charge in [0.1, 0.15) is 5.57 Å². The van der Waals surface area contributed by atoms with Crippen LogP contribution in [0.5, 0.6) is 11.5 Å². The van der Waals surface area contributed by atoms with Crippen LogP contribution in [0.4, 0.5) is 5.69 Å². The maximum atomic E-state index is 13.1. The van der Waals surface area contributed by atoms with Gasteiger partial charge in [0.2, 0.25) is 6.79 Å². The number of amides is 2. The first-order valence-electron chi connectivity index (χ1n) is 8.57. The van der Waals surface area contributed by atoms with Gasteiger partial charge >= 0.3 is 0 Å². The van der Waals surface area contributed by atoms with Gasteiger partial charge in [0, 0.05) is 4.47 Å². The second kappa shape index (κ2) is 7.37. The lowest BCUT2D eigenvalue weighted by molar-refractivity contribution is -0.122. The van der Waals surface area contributed by atoms with Crippen molar-refractivity contribution >= 4 is 56.8 Å². The van der Waals surface area contributed by atoms with E-state index in [0.29, 0.717) is 27.2 Å². The first-order valence-corrected chi connectivity index (χ1v) is 9.77. The normalized spacial score (nSPS) is 17.3. The molecule has 28 heavy (non-hydrogen) atoms. The quantitative estimate of drug-likeness (QED) is 0.432. The molecule has 1 fully saturated rings. The lowest BCUT2D eigenvalue weighted by atomic mass is 10.1. The first-order chi connectivity index (χ1) is 13.5. The van der Waals surface area contributed by atoms with Crippen molar-refractivity contribution in [2.75, 3.05) is 11.7 Å². The number of carbonyl (C=O) groups is 2. The molecule has 0 unspecified atom stereocenters. The van der Waals surface area contributed by atoms with Crippen LogP contribution in [-0.4, -0.2) is 23.7 Å². The molecule has 0 aromatic heterocycles. The Kier molecular flexibility index (Phi) is 4.91. The zero-order valence-corrected chi connectivity index (χ0v) is 17.2. The predicted octanol–water partition coefficient (Wildman–Crippen LogP) is 3.57. The zero-order valence-electron chi connectivity index (χ0n) is 14.8. The molecule has 0 atom stereocenters. The van der Waals surface area contributed by atoms with Crippen LogP contribution >= 0.6 is 28.1 Å². The van der Waals surface area contributed by atoms with Crippen LogP contribution in [-0.2, 0) is 16.0 Å². The van der Waals surface area contributed by atoms with Crippen molar-refractivity contribution < 1.29 is 19.1 Å². The molecule has 2 aromatic rings. The highest BCUT2D eigenvalue weighted by Crippen LogP contribution is 2.38. The molecule has 2 heterocycles. The molecule has 2 aliphatic rings. The van der Waals surface area contributed by atoms with Gasteiger partial charge in [-0.15, -0.1) is 0 Å². The third-order valence-electron chi connectivity index (χ3n) is 4.50. The summed E-state index contributed by atoms with van der Waals surface area (Å²) in [6, 6.07) is 10.9. The van der Waals surface area contributed by atoms with E-state index in [2.05, 4.69) is 28.2 Å². The van der Waals surface area contributed by atoms with Crippen LogP contribution in [0.25, 0.3) is 6.08 Å². The van der Waals surface area contributed by atoms with E-state index in [-0.39, 0.29) is 17.5 Å². The summed E-state index contributed by atoms with van der Waals surface area (Å²) in [7, 11) is 0. The number of aryl methyl sites for hydroxylation is 1. The van der Waals surface area contributed by atoms with Crippen molar-refractivity contribution in [3.63, 3.8) is 0 Å². The average molecular weight is 459 g/mol. The van der Waals surface area contributed by atoms with Gasteiger partial charge in [-0.25, -0.2) is 0 Å². The van der Waals surface area contributed by atoms with Crippen LogP contribution in [0.2, 0.25) is 0 Å². The number of ether oxygens (including phenoxy) is 2. The maximum absolute atomic E-state index is 13.1. The maximum Gasteiger partial charge on any atom is 0.270 e. The predicted molar refractivity (Wildman–Crippen MR) is 112 cm³/mol.